The third-order valence-corrected chi connectivity index (χ3v) is 4.78. The molecule has 0 aliphatic carbocycles. The molecule has 3 aromatic rings. The Morgan fingerprint density at radius 1 is 1.12 bits per heavy atom. The maximum atomic E-state index is 11.4. The van der Waals surface area contributed by atoms with Crippen molar-refractivity contribution in [1.29, 1.82) is 0 Å². The number of imidazole rings is 1. The molecule has 0 aliphatic heterocycles. The van der Waals surface area contributed by atoms with Gasteiger partial charge in [-0.2, -0.15) is 0 Å². The maximum absolute atomic E-state index is 11.4. The van der Waals surface area contributed by atoms with Crippen LogP contribution in [0.4, 0.5) is 0 Å². The van der Waals surface area contributed by atoms with Crippen LogP contribution in [0, 0.1) is 0 Å². The van der Waals surface area contributed by atoms with Crippen molar-refractivity contribution in [3.05, 3.63) is 65.4 Å². The summed E-state index contributed by atoms with van der Waals surface area (Å²) >= 11 is 5.96. The van der Waals surface area contributed by atoms with Crippen molar-refractivity contribution in [2.45, 2.75) is 11.5 Å². The molecule has 3 rings (SSSR count). The minimum absolute atomic E-state index is 0.0537. The van der Waals surface area contributed by atoms with Crippen molar-refractivity contribution in [3.63, 3.8) is 0 Å². The van der Waals surface area contributed by atoms with E-state index in [4.69, 9.17) is 21.5 Å². The van der Waals surface area contributed by atoms with Crippen molar-refractivity contribution in [1.82, 2.24) is 9.55 Å². The Morgan fingerprint density at radius 3 is 2.32 bits per heavy atom. The van der Waals surface area contributed by atoms with E-state index < -0.39 is 10.0 Å². The zero-order valence-electron chi connectivity index (χ0n) is 13.4. The van der Waals surface area contributed by atoms with E-state index in [-0.39, 0.29) is 4.90 Å². The minimum atomic E-state index is -3.73. The van der Waals surface area contributed by atoms with Crippen molar-refractivity contribution in [2.24, 2.45) is 5.14 Å². The van der Waals surface area contributed by atoms with Gasteiger partial charge in [-0.1, -0.05) is 11.6 Å². The second-order valence-electron chi connectivity index (χ2n) is 5.40. The molecule has 8 heteroatoms. The molecule has 2 aromatic carbocycles. The van der Waals surface area contributed by atoms with E-state index >= 15 is 0 Å². The Balaban J connectivity index is 2.09. The summed E-state index contributed by atoms with van der Waals surface area (Å²) in [6.45, 7) is 0.364. The first-order chi connectivity index (χ1) is 11.9. The highest BCUT2D eigenvalue weighted by Crippen LogP contribution is 2.25. The van der Waals surface area contributed by atoms with Gasteiger partial charge in [0, 0.05) is 29.6 Å². The normalized spacial score (nSPS) is 11.6. The highest BCUT2D eigenvalue weighted by atomic mass is 35.5. The standard InChI is InChI=1S/C17H16ClN3O3S/c1-24-11-14-10-21(15-6-4-13(18)5-7-15)17(20-14)12-2-8-16(9-3-12)25(19,22)23/h2-10H,11H2,1H3,(H2,19,22,23). The van der Waals surface area contributed by atoms with Gasteiger partial charge in [0.2, 0.25) is 10.0 Å². The van der Waals surface area contributed by atoms with Crippen molar-refractivity contribution in [3.8, 4) is 17.1 Å². The summed E-state index contributed by atoms with van der Waals surface area (Å²) in [6.07, 6.45) is 1.87. The SMILES string of the molecule is COCc1cn(-c2ccc(Cl)cc2)c(-c2ccc(S(N)(=O)=O)cc2)n1. The first-order valence-electron chi connectivity index (χ1n) is 7.35. The number of methoxy groups -OCH3 is 1. The lowest BCUT2D eigenvalue weighted by Gasteiger charge is -2.08. The Kier molecular flexibility index (Phi) is 4.91. The number of nitrogens with zero attached hydrogens (tertiary/aromatic N) is 2. The van der Waals surface area contributed by atoms with Crippen LogP contribution in [0.1, 0.15) is 5.69 Å². The number of aromatic nitrogens is 2. The van der Waals surface area contributed by atoms with Gasteiger partial charge in [-0.05, 0) is 48.5 Å². The van der Waals surface area contributed by atoms with Gasteiger partial charge in [-0.25, -0.2) is 18.5 Å². The van der Waals surface area contributed by atoms with Crippen molar-refractivity contribution in [2.75, 3.05) is 7.11 Å². The summed E-state index contributed by atoms with van der Waals surface area (Å²) in [6, 6.07) is 13.6. The fourth-order valence-electron chi connectivity index (χ4n) is 2.44. The van der Waals surface area contributed by atoms with Crippen molar-refractivity contribution < 1.29 is 13.2 Å². The molecule has 0 bridgehead atoms. The summed E-state index contributed by atoms with van der Waals surface area (Å²) in [5.41, 5.74) is 2.39. The second kappa shape index (κ2) is 6.97. The molecule has 0 radical (unpaired) electrons. The molecule has 0 unspecified atom stereocenters. The molecule has 1 aromatic heterocycles. The van der Waals surface area contributed by atoms with Crippen LogP contribution in [0.5, 0.6) is 0 Å². The summed E-state index contributed by atoms with van der Waals surface area (Å²) < 4.78 is 29.9. The molecule has 0 fully saturated rings. The predicted molar refractivity (Wildman–Crippen MR) is 96.1 cm³/mol. The summed E-state index contributed by atoms with van der Waals surface area (Å²) in [5, 5.41) is 5.79. The third kappa shape index (κ3) is 3.91. The van der Waals surface area contributed by atoms with Crippen LogP contribution in [-0.2, 0) is 21.4 Å². The van der Waals surface area contributed by atoms with Crippen LogP contribution >= 0.6 is 11.6 Å². The lowest BCUT2D eigenvalue weighted by molar-refractivity contribution is 0.182. The minimum Gasteiger partial charge on any atom is -0.378 e. The van der Waals surface area contributed by atoms with E-state index in [1.165, 1.54) is 12.1 Å². The summed E-state index contributed by atoms with van der Waals surface area (Å²) in [7, 11) is -2.14. The van der Waals surface area contributed by atoms with Gasteiger partial charge in [-0.15, -0.1) is 0 Å². The van der Waals surface area contributed by atoms with Crippen LogP contribution in [0.15, 0.2) is 59.6 Å². The highest BCUT2D eigenvalue weighted by molar-refractivity contribution is 7.89. The average Bonchev–Trinajstić information content (AvgIpc) is 2.99. The van der Waals surface area contributed by atoms with E-state index in [9.17, 15) is 8.42 Å². The number of halogens is 1. The van der Waals surface area contributed by atoms with Crippen LogP contribution < -0.4 is 5.14 Å². The van der Waals surface area contributed by atoms with Crippen LogP contribution in [0.3, 0.4) is 0 Å². The van der Waals surface area contributed by atoms with Crippen LogP contribution in [0.2, 0.25) is 5.02 Å². The molecule has 130 valence electrons. The number of hydrogen-bond donors (Lipinski definition) is 1. The molecule has 0 aliphatic rings. The molecule has 1 heterocycles. The van der Waals surface area contributed by atoms with Gasteiger partial charge in [0.05, 0.1) is 17.2 Å². The maximum Gasteiger partial charge on any atom is 0.238 e. The van der Waals surface area contributed by atoms with Crippen molar-refractivity contribution >= 4 is 21.6 Å². The Bertz CT molecular complexity index is 981. The smallest absolute Gasteiger partial charge is 0.238 e. The lowest BCUT2D eigenvalue weighted by Crippen LogP contribution is -2.11. The molecule has 0 atom stereocenters. The molecule has 0 amide bonds. The van der Waals surface area contributed by atoms with Gasteiger partial charge in [0.25, 0.3) is 0 Å². The van der Waals surface area contributed by atoms with Crippen LogP contribution in [-0.4, -0.2) is 25.1 Å². The summed E-state index contributed by atoms with van der Waals surface area (Å²) in [5.74, 6) is 0.662. The molecule has 25 heavy (non-hydrogen) atoms. The number of ether oxygens (including phenoxy) is 1. The number of sulfonamides is 1. The molecular weight excluding hydrogens is 362 g/mol. The molecule has 0 spiro atoms. The van der Waals surface area contributed by atoms with E-state index in [0.717, 1.165) is 16.9 Å². The van der Waals surface area contributed by atoms with E-state index in [2.05, 4.69) is 4.98 Å². The Labute approximate surface area is 150 Å². The fraction of sp³-hybridized carbons (Fsp3) is 0.118. The molecule has 0 saturated carbocycles. The van der Waals surface area contributed by atoms with E-state index in [0.29, 0.717) is 17.5 Å². The van der Waals surface area contributed by atoms with Crippen LogP contribution in [0.25, 0.3) is 17.1 Å². The Hall–Kier alpha value is -2.19. The largest absolute Gasteiger partial charge is 0.378 e. The van der Waals surface area contributed by atoms with Gasteiger partial charge in [-0.3, -0.25) is 4.57 Å². The van der Waals surface area contributed by atoms with Gasteiger partial charge >= 0.3 is 0 Å². The van der Waals surface area contributed by atoms with Gasteiger partial charge in [0.1, 0.15) is 5.82 Å². The lowest BCUT2D eigenvalue weighted by atomic mass is 10.2. The number of hydrogen-bond acceptors (Lipinski definition) is 4. The van der Waals surface area contributed by atoms with Gasteiger partial charge < -0.3 is 4.74 Å². The average molecular weight is 378 g/mol. The first kappa shape index (κ1) is 17.6. The quantitative estimate of drug-likeness (QED) is 0.740. The predicted octanol–water partition coefficient (Wildman–Crippen LogP) is 2.99. The Morgan fingerprint density at radius 2 is 1.76 bits per heavy atom. The van der Waals surface area contributed by atoms with E-state index in [1.807, 2.05) is 22.9 Å². The zero-order chi connectivity index (χ0) is 18.0. The highest BCUT2D eigenvalue weighted by Gasteiger charge is 2.14. The third-order valence-electron chi connectivity index (χ3n) is 3.59. The number of primary sulfonamides is 1. The number of rotatable bonds is 5. The molecule has 2 N–H and O–H groups in total. The monoisotopic (exact) mass is 377 g/mol. The molecule has 0 saturated heterocycles. The topological polar surface area (TPSA) is 87.2 Å². The van der Waals surface area contributed by atoms with Gasteiger partial charge in [0.15, 0.2) is 0 Å². The fourth-order valence-corrected chi connectivity index (χ4v) is 3.08. The first-order valence-corrected chi connectivity index (χ1v) is 9.27. The summed E-state index contributed by atoms with van der Waals surface area (Å²) in [4.78, 5) is 4.64. The van der Waals surface area contributed by atoms with E-state index in [1.54, 1.807) is 31.4 Å². The second-order valence-corrected chi connectivity index (χ2v) is 7.40. The zero-order valence-corrected chi connectivity index (χ0v) is 15.0. The molecule has 6 nitrogen and oxygen atoms in total. The number of nitrogens with two attached hydrogens (primary N) is 1. The molecular formula is C17H16ClN3O3S. The number of benzene rings is 2.